The van der Waals surface area contributed by atoms with E-state index in [2.05, 4.69) is 25.6 Å². The quantitative estimate of drug-likeness (QED) is 0.348. The number of benzene rings is 2. The highest BCUT2D eigenvalue weighted by Crippen LogP contribution is 2.36. The first-order valence-electron chi connectivity index (χ1n) is 8.27. The summed E-state index contributed by atoms with van der Waals surface area (Å²) in [5.74, 6) is -0.0811. The van der Waals surface area contributed by atoms with Crippen LogP contribution in [0.15, 0.2) is 48.8 Å². The van der Waals surface area contributed by atoms with Gasteiger partial charge in [-0.25, -0.2) is 19.3 Å². The molecule has 0 aliphatic rings. The first-order chi connectivity index (χ1) is 14.0. The van der Waals surface area contributed by atoms with Gasteiger partial charge in [0, 0.05) is 0 Å². The van der Waals surface area contributed by atoms with Gasteiger partial charge in [-0.05, 0) is 30.3 Å². The van der Waals surface area contributed by atoms with E-state index in [-0.39, 0.29) is 17.3 Å². The largest absolute Gasteiger partial charge is 0.497 e. The van der Waals surface area contributed by atoms with Gasteiger partial charge in [0.15, 0.2) is 5.13 Å². The second kappa shape index (κ2) is 7.64. The fourth-order valence-corrected chi connectivity index (χ4v) is 3.50. The lowest BCUT2D eigenvalue weighted by molar-refractivity contribution is -0.383. The SMILES string of the molecule is COc1ccc2nc(Nc3ncnc(Nc4ccccc4F)c3[N+](=O)[O-])sc2c1. The Hall–Kier alpha value is -3.86. The van der Waals surface area contributed by atoms with Crippen LogP contribution in [-0.2, 0) is 0 Å². The molecule has 2 N–H and O–H groups in total. The highest BCUT2D eigenvalue weighted by Gasteiger charge is 2.24. The average molecular weight is 412 g/mol. The minimum absolute atomic E-state index is 0.0603. The van der Waals surface area contributed by atoms with Crippen LogP contribution in [-0.4, -0.2) is 27.0 Å². The third-order valence-corrected chi connectivity index (χ3v) is 4.89. The zero-order chi connectivity index (χ0) is 20.4. The van der Waals surface area contributed by atoms with Gasteiger partial charge in [-0.3, -0.25) is 10.1 Å². The van der Waals surface area contributed by atoms with Gasteiger partial charge in [0.2, 0.25) is 11.6 Å². The van der Waals surface area contributed by atoms with Crippen molar-refractivity contribution in [3.63, 3.8) is 0 Å². The van der Waals surface area contributed by atoms with Crippen molar-refractivity contribution in [1.29, 1.82) is 0 Å². The smallest absolute Gasteiger partial charge is 0.353 e. The van der Waals surface area contributed by atoms with Crippen molar-refractivity contribution in [3.8, 4) is 5.75 Å². The fraction of sp³-hybridized carbons (Fsp3) is 0.0556. The van der Waals surface area contributed by atoms with E-state index in [9.17, 15) is 14.5 Å². The van der Waals surface area contributed by atoms with Gasteiger partial charge in [-0.15, -0.1) is 0 Å². The third-order valence-electron chi connectivity index (χ3n) is 3.95. The van der Waals surface area contributed by atoms with Crippen molar-refractivity contribution in [2.24, 2.45) is 0 Å². The Balaban J connectivity index is 1.70. The summed E-state index contributed by atoms with van der Waals surface area (Å²) < 4.78 is 20.0. The monoisotopic (exact) mass is 412 g/mol. The first-order valence-corrected chi connectivity index (χ1v) is 9.09. The van der Waals surface area contributed by atoms with Gasteiger partial charge in [-0.2, -0.15) is 0 Å². The molecule has 0 aliphatic carbocycles. The van der Waals surface area contributed by atoms with Gasteiger partial charge in [0.05, 0.1) is 27.9 Å². The lowest BCUT2D eigenvalue weighted by Crippen LogP contribution is -2.06. The highest BCUT2D eigenvalue weighted by molar-refractivity contribution is 7.22. The summed E-state index contributed by atoms with van der Waals surface area (Å²) in [7, 11) is 1.57. The van der Waals surface area contributed by atoms with Crippen LogP contribution in [0.4, 0.5) is 32.5 Å². The van der Waals surface area contributed by atoms with Gasteiger partial charge >= 0.3 is 5.69 Å². The second-order valence-electron chi connectivity index (χ2n) is 5.76. The van der Waals surface area contributed by atoms with E-state index in [0.29, 0.717) is 16.4 Å². The van der Waals surface area contributed by atoms with Crippen LogP contribution in [0.3, 0.4) is 0 Å². The summed E-state index contributed by atoms with van der Waals surface area (Å²) >= 11 is 1.29. The maximum absolute atomic E-state index is 13.9. The molecule has 9 nitrogen and oxygen atoms in total. The van der Waals surface area contributed by atoms with Crippen molar-refractivity contribution >= 4 is 49.7 Å². The van der Waals surface area contributed by atoms with E-state index in [4.69, 9.17) is 4.74 Å². The number of thiazole rings is 1. The number of rotatable bonds is 6. The molecule has 0 saturated heterocycles. The van der Waals surface area contributed by atoms with Crippen LogP contribution in [0.1, 0.15) is 0 Å². The zero-order valence-corrected chi connectivity index (χ0v) is 15.7. The molecule has 2 aromatic carbocycles. The van der Waals surface area contributed by atoms with Crippen molar-refractivity contribution in [3.05, 3.63) is 64.7 Å². The van der Waals surface area contributed by atoms with E-state index < -0.39 is 16.4 Å². The summed E-state index contributed by atoms with van der Waals surface area (Å²) in [6, 6.07) is 11.2. The Bertz CT molecular complexity index is 1220. The fourth-order valence-electron chi connectivity index (χ4n) is 2.61. The lowest BCUT2D eigenvalue weighted by Gasteiger charge is -2.09. The number of nitro groups is 1. The van der Waals surface area contributed by atoms with E-state index in [0.717, 1.165) is 11.0 Å². The molecular weight excluding hydrogens is 399 g/mol. The lowest BCUT2D eigenvalue weighted by atomic mass is 10.3. The van der Waals surface area contributed by atoms with Crippen LogP contribution < -0.4 is 15.4 Å². The normalized spacial score (nSPS) is 10.7. The molecule has 0 radical (unpaired) electrons. The number of nitrogens with zero attached hydrogens (tertiary/aromatic N) is 4. The summed E-state index contributed by atoms with van der Waals surface area (Å²) in [6.07, 6.45) is 1.15. The Labute approximate surface area is 167 Å². The number of hydrogen-bond acceptors (Lipinski definition) is 9. The molecule has 2 aromatic heterocycles. The van der Waals surface area contributed by atoms with Crippen LogP contribution in [0.2, 0.25) is 0 Å². The molecule has 0 saturated carbocycles. The highest BCUT2D eigenvalue weighted by atomic mass is 32.1. The number of nitrogens with one attached hydrogen (secondary N) is 2. The Kier molecular flexibility index (Phi) is 4.87. The first kappa shape index (κ1) is 18.5. The molecule has 0 spiro atoms. The number of aromatic nitrogens is 3. The number of hydrogen-bond donors (Lipinski definition) is 2. The molecule has 0 fully saturated rings. The maximum atomic E-state index is 13.9. The maximum Gasteiger partial charge on any atom is 0.353 e. The number of halogens is 1. The molecule has 11 heteroatoms. The predicted octanol–water partition coefficient (Wildman–Crippen LogP) is 4.63. The molecule has 2 heterocycles. The van der Waals surface area contributed by atoms with E-state index in [1.807, 2.05) is 6.07 Å². The van der Waals surface area contributed by atoms with Crippen LogP contribution in [0, 0.1) is 15.9 Å². The minimum Gasteiger partial charge on any atom is -0.497 e. The number of fused-ring (bicyclic) bond motifs is 1. The van der Waals surface area contributed by atoms with E-state index >= 15 is 0 Å². The molecule has 0 unspecified atom stereocenters. The summed E-state index contributed by atoms with van der Waals surface area (Å²) in [5.41, 5.74) is 0.347. The van der Waals surface area contributed by atoms with Crippen molar-refractivity contribution in [2.45, 2.75) is 0 Å². The van der Waals surface area contributed by atoms with E-state index in [1.54, 1.807) is 25.3 Å². The average Bonchev–Trinajstić information content (AvgIpc) is 3.11. The topological polar surface area (TPSA) is 115 Å². The molecule has 4 aromatic rings. The number of methoxy groups -OCH3 is 1. The van der Waals surface area contributed by atoms with Crippen molar-refractivity contribution in [1.82, 2.24) is 15.0 Å². The Morgan fingerprint density at radius 2 is 1.90 bits per heavy atom. The molecule has 0 amide bonds. The van der Waals surface area contributed by atoms with Gasteiger partial charge < -0.3 is 15.4 Å². The number of para-hydroxylation sites is 1. The predicted molar refractivity (Wildman–Crippen MR) is 108 cm³/mol. The summed E-state index contributed by atoms with van der Waals surface area (Å²) in [4.78, 5) is 23.3. The van der Waals surface area contributed by atoms with Crippen LogP contribution in [0.25, 0.3) is 10.2 Å². The zero-order valence-electron chi connectivity index (χ0n) is 14.9. The second-order valence-corrected chi connectivity index (χ2v) is 6.79. The molecule has 0 bridgehead atoms. The molecule has 4 rings (SSSR count). The molecule has 0 atom stereocenters. The standard InChI is InChI=1S/C18H13FN6O3S/c1-28-10-6-7-13-14(8-10)29-18(23-13)24-17-15(25(26)27)16(20-9-21-17)22-12-5-3-2-4-11(12)19/h2-9H,1H3,(H2,20,21,22,23,24). The van der Waals surface area contributed by atoms with Gasteiger partial charge in [0.1, 0.15) is 17.9 Å². The molecule has 29 heavy (non-hydrogen) atoms. The van der Waals surface area contributed by atoms with Gasteiger partial charge in [-0.1, -0.05) is 23.5 Å². The molecular formula is C18H13FN6O3S. The van der Waals surface area contributed by atoms with E-state index in [1.165, 1.54) is 29.5 Å². The summed E-state index contributed by atoms with van der Waals surface area (Å²) in [5, 5.41) is 17.6. The van der Waals surface area contributed by atoms with Crippen molar-refractivity contribution < 1.29 is 14.1 Å². The third kappa shape index (κ3) is 3.75. The number of anilines is 4. The van der Waals surface area contributed by atoms with Crippen LogP contribution >= 0.6 is 11.3 Å². The van der Waals surface area contributed by atoms with Crippen LogP contribution in [0.5, 0.6) is 5.75 Å². The Morgan fingerprint density at radius 3 is 2.62 bits per heavy atom. The minimum atomic E-state index is -0.637. The molecule has 146 valence electrons. The summed E-state index contributed by atoms with van der Waals surface area (Å²) in [6.45, 7) is 0. The molecule has 0 aliphatic heterocycles. The Morgan fingerprint density at radius 1 is 1.14 bits per heavy atom. The number of ether oxygens (including phenoxy) is 1. The van der Waals surface area contributed by atoms with Gasteiger partial charge in [0.25, 0.3) is 0 Å². The van der Waals surface area contributed by atoms with Crippen molar-refractivity contribution in [2.75, 3.05) is 17.7 Å².